The van der Waals surface area contributed by atoms with E-state index in [4.69, 9.17) is 4.74 Å². The highest BCUT2D eigenvalue weighted by molar-refractivity contribution is 9.10. The predicted octanol–water partition coefficient (Wildman–Crippen LogP) is 4.18. The number of hydrogen-bond acceptors (Lipinski definition) is 1. The zero-order valence-electron chi connectivity index (χ0n) is 8.96. The Balaban J connectivity index is 2.52. The minimum absolute atomic E-state index is 0.186. The van der Waals surface area contributed by atoms with Crippen molar-refractivity contribution in [1.82, 2.24) is 0 Å². The molecule has 0 radical (unpaired) electrons. The van der Waals surface area contributed by atoms with Gasteiger partial charge in [0.1, 0.15) is 0 Å². The van der Waals surface area contributed by atoms with Crippen LogP contribution in [0, 0.1) is 5.92 Å². The van der Waals surface area contributed by atoms with Crippen LogP contribution in [0.3, 0.4) is 0 Å². The molecule has 1 rings (SSSR count). The Hall–Kier alpha value is -0.340. The first-order valence-corrected chi connectivity index (χ1v) is 5.76. The average Bonchev–Trinajstić information content (AvgIpc) is 2.15. The lowest BCUT2D eigenvalue weighted by atomic mass is 10.1. The molecule has 0 saturated heterocycles. The van der Waals surface area contributed by atoms with Gasteiger partial charge < -0.3 is 4.74 Å². The van der Waals surface area contributed by atoms with E-state index >= 15 is 0 Å². The summed E-state index contributed by atoms with van der Waals surface area (Å²) in [6.45, 7) is 7.23. The Morgan fingerprint density at radius 2 is 1.71 bits per heavy atom. The molecule has 0 bridgehead atoms. The molecule has 0 spiro atoms. The summed E-state index contributed by atoms with van der Waals surface area (Å²) in [4.78, 5) is 0. The van der Waals surface area contributed by atoms with E-state index < -0.39 is 0 Å². The van der Waals surface area contributed by atoms with Gasteiger partial charge in [-0.25, -0.2) is 0 Å². The topological polar surface area (TPSA) is 9.23 Å². The third kappa shape index (κ3) is 3.81. The van der Waals surface area contributed by atoms with Crippen LogP contribution in [0.4, 0.5) is 0 Å². The maximum atomic E-state index is 5.71. The minimum Gasteiger partial charge on any atom is -0.374 e. The Kier molecular flexibility index (Phi) is 4.63. The van der Waals surface area contributed by atoms with Crippen LogP contribution in [0.15, 0.2) is 28.7 Å². The van der Waals surface area contributed by atoms with Crippen LogP contribution >= 0.6 is 15.9 Å². The second kappa shape index (κ2) is 5.52. The SMILES string of the molecule is CC(C)CO[C@@H](C)c1ccc(Br)cc1. The third-order valence-corrected chi connectivity index (χ3v) is 2.55. The molecule has 0 aliphatic rings. The molecule has 78 valence electrons. The molecule has 0 aliphatic carbocycles. The number of rotatable bonds is 4. The third-order valence-electron chi connectivity index (χ3n) is 2.02. The fourth-order valence-electron chi connectivity index (χ4n) is 1.17. The van der Waals surface area contributed by atoms with E-state index in [0.717, 1.165) is 11.1 Å². The number of benzene rings is 1. The number of ether oxygens (including phenoxy) is 1. The van der Waals surface area contributed by atoms with Gasteiger partial charge in [-0.3, -0.25) is 0 Å². The highest BCUT2D eigenvalue weighted by Gasteiger charge is 2.05. The summed E-state index contributed by atoms with van der Waals surface area (Å²) in [6, 6.07) is 8.28. The molecule has 0 fully saturated rings. The Morgan fingerprint density at radius 1 is 1.14 bits per heavy atom. The first-order chi connectivity index (χ1) is 6.59. The lowest BCUT2D eigenvalue weighted by Crippen LogP contribution is -2.06. The minimum atomic E-state index is 0.186. The van der Waals surface area contributed by atoms with Gasteiger partial charge in [-0.15, -0.1) is 0 Å². The van der Waals surface area contributed by atoms with Crippen LogP contribution in [0.25, 0.3) is 0 Å². The van der Waals surface area contributed by atoms with Gasteiger partial charge in [0.05, 0.1) is 6.10 Å². The molecule has 0 saturated carbocycles. The van der Waals surface area contributed by atoms with Crippen LogP contribution in [0.1, 0.15) is 32.4 Å². The highest BCUT2D eigenvalue weighted by atomic mass is 79.9. The van der Waals surface area contributed by atoms with E-state index in [2.05, 4.69) is 48.8 Å². The van der Waals surface area contributed by atoms with Gasteiger partial charge in [0.25, 0.3) is 0 Å². The number of halogens is 1. The van der Waals surface area contributed by atoms with Gasteiger partial charge >= 0.3 is 0 Å². The van der Waals surface area contributed by atoms with Gasteiger partial charge in [-0.05, 0) is 30.5 Å². The van der Waals surface area contributed by atoms with Crippen molar-refractivity contribution in [3.8, 4) is 0 Å². The lowest BCUT2D eigenvalue weighted by Gasteiger charge is -2.15. The first-order valence-electron chi connectivity index (χ1n) is 4.96. The second-order valence-electron chi connectivity index (χ2n) is 3.92. The molecular formula is C12H17BrO. The molecule has 1 aromatic rings. The first kappa shape index (κ1) is 11.7. The Bertz CT molecular complexity index is 266. The van der Waals surface area contributed by atoms with Gasteiger partial charge in [0, 0.05) is 11.1 Å². The van der Waals surface area contributed by atoms with Crippen molar-refractivity contribution >= 4 is 15.9 Å². The van der Waals surface area contributed by atoms with Gasteiger partial charge in [-0.1, -0.05) is 41.9 Å². The van der Waals surface area contributed by atoms with Gasteiger partial charge in [-0.2, -0.15) is 0 Å². The Morgan fingerprint density at radius 3 is 2.21 bits per heavy atom. The van der Waals surface area contributed by atoms with Crippen LogP contribution in [0.2, 0.25) is 0 Å². The van der Waals surface area contributed by atoms with Crippen LogP contribution in [0.5, 0.6) is 0 Å². The molecule has 14 heavy (non-hydrogen) atoms. The van der Waals surface area contributed by atoms with Crippen molar-refractivity contribution in [3.63, 3.8) is 0 Å². The fourth-order valence-corrected chi connectivity index (χ4v) is 1.43. The molecular weight excluding hydrogens is 240 g/mol. The molecule has 1 nitrogen and oxygen atoms in total. The van der Waals surface area contributed by atoms with Crippen LogP contribution < -0.4 is 0 Å². The second-order valence-corrected chi connectivity index (χ2v) is 4.84. The monoisotopic (exact) mass is 256 g/mol. The fraction of sp³-hybridized carbons (Fsp3) is 0.500. The van der Waals surface area contributed by atoms with Crippen molar-refractivity contribution in [3.05, 3.63) is 34.3 Å². The van der Waals surface area contributed by atoms with Crippen molar-refractivity contribution in [1.29, 1.82) is 0 Å². The Labute approximate surface area is 94.6 Å². The molecule has 0 unspecified atom stereocenters. The normalized spacial score (nSPS) is 13.2. The van der Waals surface area contributed by atoms with Crippen molar-refractivity contribution in [2.75, 3.05) is 6.61 Å². The summed E-state index contributed by atoms with van der Waals surface area (Å²) in [7, 11) is 0. The smallest absolute Gasteiger partial charge is 0.0796 e. The maximum Gasteiger partial charge on any atom is 0.0796 e. The summed E-state index contributed by atoms with van der Waals surface area (Å²) in [5.41, 5.74) is 1.23. The number of hydrogen-bond donors (Lipinski definition) is 0. The largest absolute Gasteiger partial charge is 0.374 e. The van der Waals surface area contributed by atoms with E-state index in [-0.39, 0.29) is 6.10 Å². The molecule has 0 N–H and O–H groups in total. The maximum absolute atomic E-state index is 5.71. The van der Waals surface area contributed by atoms with Gasteiger partial charge in [0.2, 0.25) is 0 Å². The average molecular weight is 257 g/mol. The standard InChI is InChI=1S/C12H17BrO/c1-9(2)8-14-10(3)11-4-6-12(13)7-5-11/h4-7,9-10H,8H2,1-3H3/t10-/m0/s1. The summed E-state index contributed by atoms with van der Waals surface area (Å²) >= 11 is 3.42. The molecule has 0 amide bonds. The van der Waals surface area contributed by atoms with E-state index in [1.54, 1.807) is 0 Å². The zero-order chi connectivity index (χ0) is 10.6. The summed E-state index contributed by atoms with van der Waals surface area (Å²) in [5, 5.41) is 0. The lowest BCUT2D eigenvalue weighted by molar-refractivity contribution is 0.0470. The van der Waals surface area contributed by atoms with Crippen molar-refractivity contribution in [2.24, 2.45) is 5.92 Å². The van der Waals surface area contributed by atoms with E-state index in [0.29, 0.717) is 5.92 Å². The summed E-state index contributed by atoms with van der Waals surface area (Å²) in [5.74, 6) is 0.591. The predicted molar refractivity (Wildman–Crippen MR) is 63.3 cm³/mol. The van der Waals surface area contributed by atoms with E-state index in [1.165, 1.54) is 5.56 Å². The van der Waals surface area contributed by atoms with Crippen molar-refractivity contribution < 1.29 is 4.74 Å². The van der Waals surface area contributed by atoms with Crippen LogP contribution in [-0.4, -0.2) is 6.61 Å². The zero-order valence-corrected chi connectivity index (χ0v) is 10.5. The molecule has 0 aliphatic heterocycles. The molecule has 1 atom stereocenters. The molecule has 0 heterocycles. The van der Waals surface area contributed by atoms with Gasteiger partial charge in [0.15, 0.2) is 0 Å². The summed E-state index contributed by atoms with van der Waals surface area (Å²) < 4.78 is 6.82. The molecule has 2 heteroatoms. The molecule has 1 aromatic carbocycles. The highest BCUT2D eigenvalue weighted by Crippen LogP contribution is 2.19. The van der Waals surface area contributed by atoms with E-state index in [9.17, 15) is 0 Å². The summed E-state index contributed by atoms with van der Waals surface area (Å²) in [6.07, 6.45) is 0.186. The molecule has 0 aromatic heterocycles. The van der Waals surface area contributed by atoms with E-state index in [1.807, 2.05) is 12.1 Å². The van der Waals surface area contributed by atoms with Crippen molar-refractivity contribution in [2.45, 2.75) is 26.9 Å². The van der Waals surface area contributed by atoms with Crippen LogP contribution in [-0.2, 0) is 4.74 Å². The quantitative estimate of drug-likeness (QED) is 0.786.